The Bertz CT molecular complexity index is 634. The number of halogens is 1. The molecule has 1 N–H and O–H groups in total. The predicted molar refractivity (Wildman–Crippen MR) is 87.4 cm³/mol. The summed E-state index contributed by atoms with van der Waals surface area (Å²) in [5.41, 5.74) is 1.20. The van der Waals surface area contributed by atoms with E-state index in [0.717, 1.165) is 24.7 Å². The quantitative estimate of drug-likeness (QED) is 0.871. The van der Waals surface area contributed by atoms with Crippen molar-refractivity contribution < 1.29 is 9.26 Å². The first-order valence-electron chi connectivity index (χ1n) is 7.77. The van der Waals surface area contributed by atoms with Gasteiger partial charge in [-0.1, -0.05) is 28.9 Å². The van der Waals surface area contributed by atoms with Crippen molar-refractivity contribution in [3.63, 3.8) is 0 Å². The lowest BCUT2D eigenvalue weighted by Gasteiger charge is -2.35. The van der Waals surface area contributed by atoms with E-state index >= 15 is 0 Å². The third-order valence-corrected chi connectivity index (χ3v) is 4.20. The second kappa shape index (κ2) is 7.88. The number of nitrogens with zero attached hydrogens (tertiary/aromatic N) is 3. The fourth-order valence-electron chi connectivity index (χ4n) is 2.80. The molecule has 0 saturated carbocycles. The summed E-state index contributed by atoms with van der Waals surface area (Å²) in [4.78, 5) is 6.78. The first-order valence-corrected chi connectivity index (χ1v) is 8.14. The van der Waals surface area contributed by atoms with Crippen LogP contribution in [0, 0.1) is 0 Å². The first-order chi connectivity index (χ1) is 11.3. The minimum Gasteiger partial charge on any atom is -0.384 e. The van der Waals surface area contributed by atoms with Gasteiger partial charge in [-0.25, -0.2) is 0 Å². The molecular weight excluding hydrogens is 316 g/mol. The van der Waals surface area contributed by atoms with E-state index in [-0.39, 0.29) is 6.04 Å². The lowest BCUT2D eigenvalue weighted by molar-refractivity contribution is 0.135. The molecule has 3 rings (SSSR count). The van der Waals surface area contributed by atoms with Crippen LogP contribution in [0.4, 0.5) is 0 Å². The zero-order valence-corrected chi connectivity index (χ0v) is 13.9. The molecule has 0 spiro atoms. The van der Waals surface area contributed by atoms with Crippen LogP contribution >= 0.6 is 11.6 Å². The van der Waals surface area contributed by atoms with E-state index in [4.69, 9.17) is 20.9 Å². The van der Waals surface area contributed by atoms with Crippen LogP contribution in [-0.4, -0.2) is 48.4 Å². The van der Waals surface area contributed by atoms with Crippen LogP contribution in [0.1, 0.15) is 23.3 Å². The number of ether oxygens (including phenoxy) is 1. The maximum absolute atomic E-state index is 6.13. The highest BCUT2D eigenvalue weighted by Crippen LogP contribution is 2.25. The molecule has 7 heteroatoms. The summed E-state index contributed by atoms with van der Waals surface area (Å²) in [5, 5.41) is 8.19. The molecule has 1 atom stereocenters. The SMILES string of the molecule is COCCc1noc(CN2CCNCC2c2cccc(Cl)c2)n1. The largest absolute Gasteiger partial charge is 0.384 e. The molecule has 1 aromatic heterocycles. The summed E-state index contributed by atoms with van der Waals surface area (Å²) < 4.78 is 10.4. The van der Waals surface area contributed by atoms with Gasteiger partial charge in [0.25, 0.3) is 0 Å². The van der Waals surface area contributed by atoms with Gasteiger partial charge in [-0.2, -0.15) is 4.98 Å². The summed E-state index contributed by atoms with van der Waals surface area (Å²) in [6.07, 6.45) is 0.666. The first kappa shape index (κ1) is 16.4. The molecule has 1 saturated heterocycles. The Kier molecular flexibility index (Phi) is 5.61. The number of benzene rings is 1. The topological polar surface area (TPSA) is 63.4 Å². The third-order valence-electron chi connectivity index (χ3n) is 3.97. The van der Waals surface area contributed by atoms with Gasteiger partial charge in [-0.05, 0) is 17.7 Å². The van der Waals surface area contributed by atoms with Crippen LogP contribution in [-0.2, 0) is 17.7 Å². The van der Waals surface area contributed by atoms with Gasteiger partial charge >= 0.3 is 0 Å². The second-order valence-electron chi connectivity index (χ2n) is 5.59. The van der Waals surface area contributed by atoms with Crippen molar-refractivity contribution in [3.8, 4) is 0 Å². The van der Waals surface area contributed by atoms with Gasteiger partial charge in [0.2, 0.25) is 5.89 Å². The van der Waals surface area contributed by atoms with Crippen LogP contribution < -0.4 is 5.32 Å². The monoisotopic (exact) mass is 336 g/mol. The minimum absolute atomic E-state index is 0.247. The minimum atomic E-state index is 0.247. The van der Waals surface area contributed by atoms with E-state index < -0.39 is 0 Å². The number of methoxy groups -OCH3 is 1. The van der Waals surface area contributed by atoms with Crippen molar-refractivity contribution >= 4 is 11.6 Å². The summed E-state index contributed by atoms with van der Waals surface area (Å²) in [5.74, 6) is 1.33. The zero-order chi connectivity index (χ0) is 16.1. The number of hydrogen-bond donors (Lipinski definition) is 1. The van der Waals surface area contributed by atoms with Gasteiger partial charge in [0.05, 0.1) is 13.2 Å². The molecule has 6 nitrogen and oxygen atoms in total. The van der Waals surface area contributed by atoms with Gasteiger partial charge < -0.3 is 14.6 Å². The fourth-order valence-corrected chi connectivity index (χ4v) is 3.00. The molecule has 1 unspecified atom stereocenters. The molecule has 0 radical (unpaired) electrons. The van der Waals surface area contributed by atoms with Gasteiger partial charge in [0, 0.05) is 44.2 Å². The van der Waals surface area contributed by atoms with Gasteiger partial charge in [-0.15, -0.1) is 0 Å². The van der Waals surface area contributed by atoms with Crippen molar-refractivity contribution in [2.75, 3.05) is 33.4 Å². The van der Waals surface area contributed by atoms with E-state index in [2.05, 4.69) is 26.4 Å². The smallest absolute Gasteiger partial charge is 0.240 e. The third kappa shape index (κ3) is 4.29. The van der Waals surface area contributed by atoms with Crippen molar-refractivity contribution in [1.82, 2.24) is 20.4 Å². The van der Waals surface area contributed by atoms with Crippen molar-refractivity contribution in [1.29, 1.82) is 0 Å². The Morgan fingerprint density at radius 3 is 3.22 bits per heavy atom. The van der Waals surface area contributed by atoms with E-state index in [1.54, 1.807) is 7.11 Å². The molecule has 1 aliphatic heterocycles. The van der Waals surface area contributed by atoms with Crippen LogP contribution in [0.2, 0.25) is 5.02 Å². The summed E-state index contributed by atoms with van der Waals surface area (Å²) in [7, 11) is 1.66. The lowest BCUT2D eigenvalue weighted by atomic mass is 10.0. The summed E-state index contributed by atoms with van der Waals surface area (Å²) in [6, 6.07) is 8.25. The van der Waals surface area contributed by atoms with E-state index in [0.29, 0.717) is 31.3 Å². The molecule has 2 aromatic rings. The fraction of sp³-hybridized carbons (Fsp3) is 0.500. The number of piperazine rings is 1. The average Bonchev–Trinajstić information content (AvgIpc) is 3.01. The molecule has 124 valence electrons. The van der Waals surface area contributed by atoms with Crippen LogP contribution in [0.5, 0.6) is 0 Å². The summed E-state index contributed by atoms with van der Waals surface area (Å²) >= 11 is 6.13. The van der Waals surface area contributed by atoms with E-state index in [1.807, 2.05) is 18.2 Å². The predicted octanol–water partition coefficient (Wildman–Crippen LogP) is 2.06. The normalized spacial score (nSPS) is 19.1. The Morgan fingerprint density at radius 2 is 2.39 bits per heavy atom. The molecule has 1 aliphatic rings. The second-order valence-corrected chi connectivity index (χ2v) is 6.03. The Balaban J connectivity index is 1.70. The summed E-state index contributed by atoms with van der Waals surface area (Å²) in [6.45, 7) is 3.98. The maximum Gasteiger partial charge on any atom is 0.240 e. The number of aromatic nitrogens is 2. The van der Waals surface area contributed by atoms with Crippen LogP contribution in [0.15, 0.2) is 28.8 Å². The van der Waals surface area contributed by atoms with Crippen molar-refractivity contribution in [2.45, 2.75) is 19.0 Å². The van der Waals surface area contributed by atoms with Gasteiger partial charge in [0.1, 0.15) is 0 Å². The van der Waals surface area contributed by atoms with Crippen molar-refractivity contribution in [3.05, 3.63) is 46.6 Å². The zero-order valence-electron chi connectivity index (χ0n) is 13.2. The highest BCUT2D eigenvalue weighted by atomic mass is 35.5. The molecule has 1 fully saturated rings. The number of rotatable bonds is 6. The molecule has 0 aliphatic carbocycles. The van der Waals surface area contributed by atoms with Crippen LogP contribution in [0.3, 0.4) is 0 Å². The Hall–Kier alpha value is -1.47. The number of hydrogen-bond acceptors (Lipinski definition) is 6. The molecule has 2 heterocycles. The van der Waals surface area contributed by atoms with E-state index in [9.17, 15) is 0 Å². The molecule has 1 aromatic carbocycles. The standard InChI is InChI=1S/C16H21ClN4O2/c1-22-8-5-15-19-16(23-20-15)11-21-7-6-18-10-14(21)12-3-2-4-13(17)9-12/h2-4,9,14,18H,5-8,10-11H2,1H3. The Morgan fingerprint density at radius 1 is 1.48 bits per heavy atom. The highest BCUT2D eigenvalue weighted by Gasteiger charge is 2.25. The average molecular weight is 337 g/mol. The van der Waals surface area contributed by atoms with E-state index in [1.165, 1.54) is 5.56 Å². The lowest BCUT2D eigenvalue weighted by Crippen LogP contribution is -2.45. The maximum atomic E-state index is 6.13. The number of nitrogens with one attached hydrogen (secondary N) is 1. The highest BCUT2D eigenvalue weighted by molar-refractivity contribution is 6.30. The Labute approximate surface area is 140 Å². The molecule has 23 heavy (non-hydrogen) atoms. The molecular formula is C16H21ClN4O2. The molecule has 0 amide bonds. The van der Waals surface area contributed by atoms with Crippen molar-refractivity contribution in [2.24, 2.45) is 0 Å². The van der Waals surface area contributed by atoms with Crippen LogP contribution in [0.25, 0.3) is 0 Å². The molecule has 0 bridgehead atoms. The van der Waals surface area contributed by atoms with Gasteiger partial charge in [0.15, 0.2) is 5.82 Å². The van der Waals surface area contributed by atoms with Gasteiger partial charge in [-0.3, -0.25) is 4.90 Å².